The van der Waals surface area contributed by atoms with Gasteiger partial charge in [-0.2, -0.15) is 0 Å². The number of benzene rings is 1. The Balaban J connectivity index is 2.10. The maximum atomic E-state index is 4.20. The average Bonchev–Trinajstić information content (AvgIpc) is 2.50. The van der Waals surface area contributed by atoms with Crippen LogP contribution in [0.15, 0.2) is 36.7 Å². The highest BCUT2D eigenvalue weighted by Crippen LogP contribution is 2.20. The van der Waals surface area contributed by atoms with E-state index in [1.807, 2.05) is 13.1 Å². The largest absolute Gasteiger partial charge is 0.373 e. The number of hydrogen-bond donors (Lipinski definition) is 2. The number of nitrogens with one attached hydrogen (secondary N) is 2. The third kappa shape index (κ3) is 3.38. The Labute approximate surface area is 120 Å². The summed E-state index contributed by atoms with van der Waals surface area (Å²) < 4.78 is 0. The Morgan fingerprint density at radius 2 is 1.65 bits per heavy atom. The van der Waals surface area contributed by atoms with Gasteiger partial charge < -0.3 is 15.5 Å². The van der Waals surface area contributed by atoms with Crippen molar-refractivity contribution in [3.05, 3.63) is 36.7 Å². The van der Waals surface area contributed by atoms with E-state index in [0.29, 0.717) is 0 Å². The van der Waals surface area contributed by atoms with Crippen molar-refractivity contribution in [1.29, 1.82) is 0 Å². The maximum Gasteiger partial charge on any atom is 0.135 e. The maximum absolute atomic E-state index is 4.20. The van der Waals surface area contributed by atoms with Crippen LogP contribution in [-0.2, 0) is 0 Å². The fraction of sp³-hybridized carbons (Fsp3) is 0.333. The molecule has 2 N–H and O–H groups in total. The predicted molar refractivity (Wildman–Crippen MR) is 84.9 cm³/mol. The summed E-state index contributed by atoms with van der Waals surface area (Å²) in [5.41, 5.74) is 2.25. The highest BCUT2D eigenvalue weighted by Gasteiger charge is 2.02. The molecule has 0 bridgehead atoms. The standard InChI is InChI=1S/C15H21N5/c1-4-20(5-2)13-8-6-12(7-9-13)19-15-10-14(16-3)17-11-18-15/h6-11H,4-5H2,1-3H3,(H2,16,17,18,19). The van der Waals surface area contributed by atoms with Gasteiger partial charge in [-0.1, -0.05) is 0 Å². The Hall–Kier alpha value is -2.30. The van der Waals surface area contributed by atoms with Crippen molar-refractivity contribution in [2.75, 3.05) is 35.7 Å². The molecule has 2 aromatic rings. The first kappa shape index (κ1) is 14.1. The minimum absolute atomic E-state index is 0.778. The fourth-order valence-corrected chi connectivity index (χ4v) is 2.05. The molecule has 20 heavy (non-hydrogen) atoms. The van der Waals surface area contributed by atoms with Gasteiger partial charge in [0, 0.05) is 37.6 Å². The number of aromatic nitrogens is 2. The van der Waals surface area contributed by atoms with E-state index in [1.54, 1.807) is 6.33 Å². The lowest BCUT2D eigenvalue weighted by atomic mass is 10.2. The van der Waals surface area contributed by atoms with Gasteiger partial charge in [-0.15, -0.1) is 0 Å². The second-order valence-electron chi connectivity index (χ2n) is 4.38. The molecule has 1 heterocycles. The van der Waals surface area contributed by atoms with Gasteiger partial charge in [0.15, 0.2) is 0 Å². The topological polar surface area (TPSA) is 53.1 Å². The van der Waals surface area contributed by atoms with E-state index in [-0.39, 0.29) is 0 Å². The summed E-state index contributed by atoms with van der Waals surface area (Å²) in [7, 11) is 1.84. The third-order valence-electron chi connectivity index (χ3n) is 3.19. The van der Waals surface area contributed by atoms with Gasteiger partial charge in [0.05, 0.1) is 0 Å². The van der Waals surface area contributed by atoms with Crippen LogP contribution in [0.4, 0.5) is 23.0 Å². The van der Waals surface area contributed by atoms with Crippen LogP contribution in [0.5, 0.6) is 0 Å². The number of nitrogens with zero attached hydrogens (tertiary/aromatic N) is 3. The zero-order valence-corrected chi connectivity index (χ0v) is 12.2. The fourth-order valence-electron chi connectivity index (χ4n) is 2.05. The zero-order chi connectivity index (χ0) is 14.4. The van der Waals surface area contributed by atoms with E-state index in [2.05, 4.69) is 63.6 Å². The normalized spacial score (nSPS) is 10.2. The highest BCUT2D eigenvalue weighted by atomic mass is 15.1. The van der Waals surface area contributed by atoms with Crippen LogP contribution in [-0.4, -0.2) is 30.1 Å². The SMILES string of the molecule is CCN(CC)c1ccc(Nc2cc(NC)ncn2)cc1. The van der Waals surface area contributed by atoms with Crippen LogP contribution in [0.25, 0.3) is 0 Å². The van der Waals surface area contributed by atoms with E-state index >= 15 is 0 Å². The van der Waals surface area contributed by atoms with Gasteiger partial charge in [0.25, 0.3) is 0 Å². The van der Waals surface area contributed by atoms with Crippen LogP contribution < -0.4 is 15.5 Å². The molecule has 0 unspecified atom stereocenters. The molecular formula is C15H21N5. The smallest absolute Gasteiger partial charge is 0.135 e. The lowest BCUT2D eigenvalue weighted by Gasteiger charge is -2.21. The molecule has 0 aliphatic rings. The van der Waals surface area contributed by atoms with Crippen molar-refractivity contribution in [2.45, 2.75) is 13.8 Å². The summed E-state index contributed by atoms with van der Waals surface area (Å²) in [6.45, 7) is 6.35. The number of anilines is 4. The van der Waals surface area contributed by atoms with Crippen molar-refractivity contribution in [2.24, 2.45) is 0 Å². The molecule has 0 saturated carbocycles. The van der Waals surface area contributed by atoms with E-state index in [9.17, 15) is 0 Å². The molecule has 2 rings (SSSR count). The van der Waals surface area contributed by atoms with Crippen molar-refractivity contribution in [3.8, 4) is 0 Å². The first-order valence-corrected chi connectivity index (χ1v) is 6.88. The summed E-state index contributed by atoms with van der Waals surface area (Å²) in [6, 6.07) is 10.2. The summed E-state index contributed by atoms with van der Waals surface area (Å²) >= 11 is 0. The molecule has 5 nitrogen and oxygen atoms in total. The van der Waals surface area contributed by atoms with E-state index in [4.69, 9.17) is 0 Å². The summed E-state index contributed by atoms with van der Waals surface area (Å²) in [4.78, 5) is 10.6. The first-order valence-electron chi connectivity index (χ1n) is 6.88. The number of rotatable bonds is 6. The molecule has 0 aliphatic carbocycles. The Morgan fingerprint density at radius 1 is 1.00 bits per heavy atom. The Morgan fingerprint density at radius 3 is 2.25 bits per heavy atom. The molecule has 0 saturated heterocycles. The minimum atomic E-state index is 0.778. The lowest BCUT2D eigenvalue weighted by molar-refractivity contribution is 0.866. The first-order chi connectivity index (χ1) is 9.76. The van der Waals surface area contributed by atoms with E-state index in [1.165, 1.54) is 5.69 Å². The van der Waals surface area contributed by atoms with Crippen molar-refractivity contribution in [1.82, 2.24) is 9.97 Å². The molecule has 5 heteroatoms. The van der Waals surface area contributed by atoms with Gasteiger partial charge >= 0.3 is 0 Å². The zero-order valence-electron chi connectivity index (χ0n) is 12.2. The van der Waals surface area contributed by atoms with Crippen molar-refractivity contribution >= 4 is 23.0 Å². The Bertz CT molecular complexity index is 534. The molecule has 0 radical (unpaired) electrons. The molecule has 106 valence electrons. The molecule has 0 spiro atoms. The van der Waals surface area contributed by atoms with Crippen LogP contribution in [0.2, 0.25) is 0 Å². The molecule has 0 atom stereocenters. The van der Waals surface area contributed by atoms with Crippen molar-refractivity contribution in [3.63, 3.8) is 0 Å². The summed E-state index contributed by atoms with van der Waals surface area (Å²) in [5.74, 6) is 1.57. The molecule has 0 aliphatic heterocycles. The van der Waals surface area contributed by atoms with Gasteiger partial charge in [-0.25, -0.2) is 9.97 Å². The second kappa shape index (κ2) is 6.75. The van der Waals surface area contributed by atoms with Crippen LogP contribution in [0, 0.1) is 0 Å². The summed E-state index contributed by atoms with van der Waals surface area (Å²) in [6.07, 6.45) is 1.54. The monoisotopic (exact) mass is 271 g/mol. The minimum Gasteiger partial charge on any atom is -0.373 e. The van der Waals surface area contributed by atoms with E-state index in [0.717, 1.165) is 30.4 Å². The van der Waals surface area contributed by atoms with Gasteiger partial charge in [0.1, 0.15) is 18.0 Å². The lowest BCUT2D eigenvalue weighted by Crippen LogP contribution is -2.21. The third-order valence-corrected chi connectivity index (χ3v) is 3.19. The molecule has 0 fully saturated rings. The van der Waals surface area contributed by atoms with E-state index < -0.39 is 0 Å². The molecule has 0 amide bonds. The van der Waals surface area contributed by atoms with Gasteiger partial charge in [-0.05, 0) is 38.1 Å². The van der Waals surface area contributed by atoms with Gasteiger partial charge in [-0.3, -0.25) is 0 Å². The van der Waals surface area contributed by atoms with Gasteiger partial charge in [0.2, 0.25) is 0 Å². The van der Waals surface area contributed by atoms with Crippen LogP contribution in [0.3, 0.4) is 0 Å². The average molecular weight is 271 g/mol. The molecule has 1 aromatic heterocycles. The summed E-state index contributed by atoms with van der Waals surface area (Å²) in [5, 5.41) is 6.27. The molecular weight excluding hydrogens is 250 g/mol. The molecule has 1 aromatic carbocycles. The highest BCUT2D eigenvalue weighted by molar-refractivity contribution is 5.62. The quantitative estimate of drug-likeness (QED) is 0.845. The van der Waals surface area contributed by atoms with Crippen molar-refractivity contribution < 1.29 is 0 Å². The van der Waals surface area contributed by atoms with Crippen LogP contribution >= 0.6 is 0 Å². The number of hydrogen-bond acceptors (Lipinski definition) is 5. The Kier molecular flexibility index (Phi) is 4.76. The predicted octanol–water partition coefficient (Wildman–Crippen LogP) is 3.11. The van der Waals surface area contributed by atoms with Crippen LogP contribution in [0.1, 0.15) is 13.8 Å². The second-order valence-corrected chi connectivity index (χ2v) is 4.38.